The van der Waals surface area contributed by atoms with Crippen molar-refractivity contribution in [2.24, 2.45) is 5.92 Å². The van der Waals surface area contributed by atoms with Crippen molar-refractivity contribution in [3.05, 3.63) is 48.6 Å². The van der Waals surface area contributed by atoms with Crippen molar-refractivity contribution in [2.75, 3.05) is 26.2 Å². The molecule has 0 aromatic heterocycles. The van der Waals surface area contributed by atoms with E-state index in [9.17, 15) is 4.79 Å². The van der Waals surface area contributed by atoms with Gasteiger partial charge in [-0.2, -0.15) is 0 Å². The largest absolute Gasteiger partial charge is 0.353 e. The highest BCUT2D eigenvalue weighted by Gasteiger charge is 2.19. The molecule has 3 nitrogen and oxygen atoms in total. The number of hydrogen-bond acceptors (Lipinski definition) is 2. The summed E-state index contributed by atoms with van der Waals surface area (Å²) >= 11 is 0. The molecule has 0 bridgehead atoms. The molecule has 1 aromatic carbocycles. The molecule has 0 atom stereocenters. The van der Waals surface area contributed by atoms with Crippen LogP contribution in [0, 0.1) is 5.92 Å². The zero-order valence-electron chi connectivity index (χ0n) is 12.8. The first-order valence-corrected chi connectivity index (χ1v) is 7.92. The van der Waals surface area contributed by atoms with E-state index in [0.717, 1.165) is 25.6 Å². The van der Waals surface area contributed by atoms with Crippen molar-refractivity contribution in [3.8, 4) is 0 Å². The summed E-state index contributed by atoms with van der Waals surface area (Å²) in [5.41, 5.74) is 1.44. The number of amides is 1. The number of piperidine rings is 1. The van der Waals surface area contributed by atoms with Crippen LogP contribution >= 0.6 is 0 Å². The van der Waals surface area contributed by atoms with Crippen LogP contribution in [0.1, 0.15) is 24.8 Å². The molecule has 1 N–H and O–H groups in total. The summed E-state index contributed by atoms with van der Waals surface area (Å²) in [6, 6.07) is 10.7. The molecule has 114 valence electrons. The minimum Gasteiger partial charge on any atom is -0.353 e. The van der Waals surface area contributed by atoms with Crippen molar-refractivity contribution >= 4 is 5.91 Å². The molecular weight excluding hydrogens is 260 g/mol. The Hall–Kier alpha value is -1.61. The normalized spacial score (nSPS) is 16.6. The molecule has 0 aliphatic carbocycles. The first-order valence-electron chi connectivity index (χ1n) is 7.92. The second-order valence-corrected chi connectivity index (χ2v) is 5.82. The highest BCUT2D eigenvalue weighted by molar-refractivity contribution is 5.76. The van der Waals surface area contributed by atoms with E-state index in [1.807, 2.05) is 0 Å². The Bertz CT molecular complexity index is 436. The fourth-order valence-corrected chi connectivity index (χ4v) is 2.90. The maximum atomic E-state index is 11.6. The summed E-state index contributed by atoms with van der Waals surface area (Å²) in [5, 5.41) is 2.83. The van der Waals surface area contributed by atoms with Gasteiger partial charge < -0.3 is 10.2 Å². The van der Waals surface area contributed by atoms with Gasteiger partial charge in [0.1, 0.15) is 0 Å². The SMILES string of the molecule is C=CCNC(=O)CCN1CCC(Cc2ccccc2)CC1. The lowest BCUT2D eigenvalue weighted by Crippen LogP contribution is -2.37. The van der Waals surface area contributed by atoms with Crippen LogP contribution in [0.25, 0.3) is 0 Å². The van der Waals surface area contributed by atoms with E-state index in [2.05, 4.69) is 47.1 Å². The minimum atomic E-state index is 0.126. The lowest BCUT2D eigenvalue weighted by atomic mass is 9.90. The average Bonchev–Trinajstić information content (AvgIpc) is 2.53. The fraction of sp³-hybridized carbons (Fsp3) is 0.500. The number of carbonyl (C=O) groups is 1. The second kappa shape index (κ2) is 8.63. The molecule has 1 aliphatic rings. The van der Waals surface area contributed by atoms with Gasteiger partial charge in [0.2, 0.25) is 5.91 Å². The van der Waals surface area contributed by atoms with Crippen LogP contribution < -0.4 is 5.32 Å². The van der Waals surface area contributed by atoms with Gasteiger partial charge >= 0.3 is 0 Å². The third kappa shape index (κ3) is 5.72. The smallest absolute Gasteiger partial charge is 0.221 e. The molecule has 2 rings (SSSR count). The summed E-state index contributed by atoms with van der Waals surface area (Å²) in [6.45, 7) is 7.28. The van der Waals surface area contributed by atoms with E-state index in [0.29, 0.717) is 13.0 Å². The number of nitrogens with one attached hydrogen (secondary N) is 1. The lowest BCUT2D eigenvalue weighted by Gasteiger charge is -2.31. The number of hydrogen-bond donors (Lipinski definition) is 1. The monoisotopic (exact) mass is 286 g/mol. The quantitative estimate of drug-likeness (QED) is 0.782. The van der Waals surface area contributed by atoms with E-state index in [1.54, 1.807) is 6.08 Å². The van der Waals surface area contributed by atoms with Crippen molar-refractivity contribution in [3.63, 3.8) is 0 Å². The van der Waals surface area contributed by atoms with Gasteiger partial charge in [0, 0.05) is 19.5 Å². The molecule has 3 heteroatoms. The summed E-state index contributed by atoms with van der Waals surface area (Å²) in [6.07, 6.45) is 5.98. The maximum Gasteiger partial charge on any atom is 0.221 e. The maximum absolute atomic E-state index is 11.6. The van der Waals surface area contributed by atoms with Crippen molar-refractivity contribution in [2.45, 2.75) is 25.7 Å². The minimum absolute atomic E-state index is 0.126. The first-order chi connectivity index (χ1) is 10.3. The van der Waals surface area contributed by atoms with Gasteiger partial charge in [-0.15, -0.1) is 6.58 Å². The average molecular weight is 286 g/mol. The molecular formula is C18H26N2O. The number of benzene rings is 1. The van der Waals surface area contributed by atoms with Gasteiger partial charge in [0.15, 0.2) is 0 Å². The van der Waals surface area contributed by atoms with E-state index < -0.39 is 0 Å². The Morgan fingerprint density at radius 2 is 2.00 bits per heavy atom. The molecule has 1 heterocycles. The molecule has 1 aliphatic heterocycles. The highest BCUT2D eigenvalue weighted by atomic mass is 16.1. The third-order valence-corrected chi connectivity index (χ3v) is 4.17. The summed E-state index contributed by atoms with van der Waals surface area (Å²) in [7, 11) is 0. The zero-order chi connectivity index (χ0) is 14.9. The molecule has 0 unspecified atom stereocenters. The molecule has 0 radical (unpaired) electrons. The van der Waals surface area contributed by atoms with E-state index >= 15 is 0 Å². The molecule has 1 saturated heterocycles. The highest BCUT2D eigenvalue weighted by Crippen LogP contribution is 2.21. The Labute approximate surface area is 128 Å². The molecule has 1 aromatic rings. The van der Waals surface area contributed by atoms with Crippen LogP contribution in [-0.4, -0.2) is 37.0 Å². The second-order valence-electron chi connectivity index (χ2n) is 5.82. The molecule has 1 amide bonds. The standard InChI is InChI=1S/C18H26N2O/c1-2-11-19-18(21)10-14-20-12-8-17(9-13-20)15-16-6-4-3-5-7-16/h2-7,17H,1,8-15H2,(H,19,21). The number of nitrogens with zero attached hydrogens (tertiary/aromatic N) is 1. The van der Waals surface area contributed by atoms with Crippen LogP contribution in [0.4, 0.5) is 0 Å². The van der Waals surface area contributed by atoms with E-state index in [4.69, 9.17) is 0 Å². The zero-order valence-corrected chi connectivity index (χ0v) is 12.8. The number of likely N-dealkylation sites (tertiary alicyclic amines) is 1. The van der Waals surface area contributed by atoms with Gasteiger partial charge in [0.05, 0.1) is 0 Å². The Morgan fingerprint density at radius 1 is 1.29 bits per heavy atom. The van der Waals surface area contributed by atoms with Gasteiger partial charge in [-0.05, 0) is 43.8 Å². The number of carbonyl (C=O) groups excluding carboxylic acids is 1. The molecule has 1 fully saturated rings. The van der Waals surface area contributed by atoms with Gasteiger partial charge in [-0.1, -0.05) is 36.4 Å². The van der Waals surface area contributed by atoms with Crippen molar-refractivity contribution in [1.29, 1.82) is 0 Å². The van der Waals surface area contributed by atoms with Gasteiger partial charge in [-0.25, -0.2) is 0 Å². The molecule has 0 saturated carbocycles. The van der Waals surface area contributed by atoms with Crippen molar-refractivity contribution in [1.82, 2.24) is 10.2 Å². The van der Waals surface area contributed by atoms with Crippen LogP contribution in [0.2, 0.25) is 0 Å². The summed E-state index contributed by atoms with van der Waals surface area (Å²) in [4.78, 5) is 14.0. The first kappa shape index (κ1) is 15.8. The van der Waals surface area contributed by atoms with Gasteiger partial charge in [-0.3, -0.25) is 4.79 Å². The number of rotatable bonds is 7. The van der Waals surface area contributed by atoms with Crippen LogP contribution in [-0.2, 0) is 11.2 Å². The van der Waals surface area contributed by atoms with Crippen molar-refractivity contribution < 1.29 is 4.79 Å². The Morgan fingerprint density at radius 3 is 2.67 bits per heavy atom. The summed E-state index contributed by atoms with van der Waals surface area (Å²) < 4.78 is 0. The Balaban J connectivity index is 1.64. The predicted molar refractivity (Wildman–Crippen MR) is 87.1 cm³/mol. The fourth-order valence-electron chi connectivity index (χ4n) is 2.90. The third-order valence-electron chi connectivity index (χ3n) is 4.17. The predicted octanol–water partition coefficient (Wildman–Crippen LogP) is 2.63. The van der Waals surface area contributed by atoms with Crippen LogP contribution in [0.3, 0.4) is 0 Å². The van der Waals surface area contributed by atoms with Crippen LogP contribution in [0.15, 0.2) is 43.0 Å². The topological polar surface area (TPSA) is 32.3 Å². The van der Waals surface area contributed by atoms with Gasteiger partial charge in [0.25, 0.3) is 0 Å². The molecule has 21 heavy (non-hydrogen) atoms. The Kier molecular flexibility index (Phi) is 6.48. The van der Waals surface area contributed by atoms with E-state index in [1.165, 1.54) is 24.8 Å². The summed E-state index contributed by atoms with van der Waals surface area (Å²) in [5.74, 6) is 0.916. The van der Waals surface area contributed by atoms with E-state index in [-0.39, 0.29) is 5.91 Å². The lowest BCUT2D eigenvalue weighted by molar-refractivity contribution is -0.121. The van der Waals surface area contributed by atoms with Crippen LogP contribution in [0.5, 0.6) is 0 Å². The molecule has 0 spiro atoms.